The minimum absolute atomic E-state index is 0.236. The summed E-state index contributed by atoms with van der Waals surface area (Å²) >= 11 is 0. The molecular formula is C22H14N4O2. The molecule has 1 aliphatic rings. The molecule has 3 aromatic carbocycles. The molecule has 134 valence electrons. The molecular weight excluding hydrogens is 352 g/mol. The van der Waals surface area contributed by atoms with Crippen LogP contribution in [0.3, 0.4) is 0 Å². The highest BCUT2D eigenvalue weighted by molar-refractivity contribution is 5.86. The van der Waals surface area contributed by atoms with Crippen molar-refractivity contribution >= 4 is 22.3 Å². The minimum atomic E-state index is 0.236. The third kappa shape index (κ3) is 2.24. The second-order valence-corrected chi connectivity index (χ2v) is 6.53. The fourth-order valence-electron chi connectivity index (χ4n) is 3.51. The van der Waals surface area contributed by atoms with E-state index >= 15 is 0 Å². The van der Waals surface area contributed by atoms with Crippen LogP contribution in [0.4, 0.5) is 0 Å². The van der Waals surface area contributed by atoms with Gasteiger partial charge in [0.15, 0.2) is 22.8 Å². The molecule has 6 nitrogen and oxygen atoms in total. The van der Waals surface area contributed by atoms with Crippen LogP contribution in [-0.4, -0.2) is 26.3 Å². The summed E-state index contributed by atoms with van der Waals surface area (Å²) in [5.41, 5.74) is 4.85. The van der Waals surface area contributed by atoms with Gasteiger partial charge in [0, 0.05) is 11.6 Å². The fraction of sp³-hybridized carbons (Fsp3) is 0.0455. The molecule has 5 aromatic rings. The molecule has 0 bridgehead atoms. The second kappa shape index (κ2) is 5.79. The van der Waals surface area contributed by atoms with E-state index in [1.165, 1.54) is 0 Å². The highest BCUT2D eigenvalue weighted by Gasteiger charge is 2.20. The Balaban J connectivity index is 1.69. The first kappa shape index (κ1) is 15.2. The summed E-state index contributed by atoms with van der Waals surface area (Å²) in [5.74, 6) is 2.24. The minimum Gasteiger partial charge on any atom is -0.454 e. The number of rotatable bonds is 2. The van der Waals surface area contributed by atoms with Crippen LogP contribution in [0.5, 0.6) is 11.5 Å². The van der Waals surface area contributed by atoms with Crippen molar-refractivity contribution in [3.8, 4) is 28.6 Å². The molecule has 0 N–H and O–H groups in total. The number of fused-ring (bicyclic) bond motifs is 3. The molecule has 1 aliphatic heterocycles. The lowest BCUT2D eigenvalue weighted by Crippen LogP contribution is -1.99. The number of nitrogens with zero attached hydrogens (tertiary/aromatic N) is 4. The van der Waals surface area contributed by atoms with Gasteiger partial charge < -0.3 is 9.47 Å². The van der Waals surface area contributed by atoms with Gasteiger partial charge in [-0.05, 0) is 24.3 Å². The van der Waals surface area contributed by atoms with Gasteiger partial charge in [-0.1, -0.05) is 42.5 Å². The summed E-state index contributed by atoms with van der Waals surface area (Å²) in [5, 5.41) is 0. The largest absolute Gasteiger partial charge is 0.454 e. The number of aromatic nitrogens is 4. The van der Waals surface area contributed by atoms with Gasteiger partial charge in [0.1, 0.15) is 5.82 Å². The van der Waals surface area contributed by atoms with Gasteiger partial charge in [-0.15, -0.1) is 0 Å². The number of ether oxygens (including phenoxy) is 2. The first-order valence-corrected chi connectivity index (χ1v) is 8.97. The van der Waals surface area contributed by atoms with Gasteiger partial charge in [0.05, 0.1) is 16.7 Å². The summed E-state index contributed by atoms with van der Waals surface area (Å²) < 4.78 is 13.0. The number of para-hydroxylation sites is 2. The van der Waals surface area contributed by atoms with E-state index in [-0.39, 0.29) is 6.79 Å². The maximum atomic E-state index is 5.57. The SMILES string of the molecule is c1ccc(-c2nc3nc4ccccc4nc3n2-c2ccc3c(c2)OCO3)cc1. The van der Waals surface area contributed by atoms with E-state index in [0.717, 1.165) is 33.9 Å². The summed E-state index contributed by atoms with van der Waals surface area (Å²) in [6.07, 6.45) is 0. The van der Waals surface area contributed by atoms with Gasteiger partial charge in [-0.3, -0.25) is 4.57 Å². The molecule has 0 atom stereocenters. The van der Waals surface area contributed by atoms with Crippen molar-refractivity contribution in [3.63, 3.8) is 0 Å². The average molecular weight is 366 g/mol. The van der Waals surface area contributed by atoms with E-state index in [1.807, 2.05) is 77.4 Å². The van der Waals surface area contributed by atoms with Gasteiger partial charge in [0.2, 0.25) is 6.79 Å². The Bertz CT molecular complexity index is 1350. The van der Waals surface area contributed by atoms with E-state index in [4.69, 9.17) is 24.4 Å². The standard InChI is InChI=1S/C22H14N4O2/c1-2-6-14(7-3-1)21-25-20-22(24-17-9-5-4-8-16(17)23-20)26(21)15-10-11-18-19(12-15)28-13-27-18/h1-12H,13H2. The maximum absolute atomic E-state index is 5.57. The molecule has 0 amide bonds. The van der Waals surface area contributed by atoms with Crippen molar-refractivity contribution in [2.45, 2.75) is 0 Å². The molecule has 2 aromatic heterocycles. The van der Waals surface area contributed by atoms with Crippen molar-refractivity contribution in [1.82, 2.24) is 19.5 Å². The Morgan fingerprint density at radius 3 is 2.32 bits per heavy atom. The van der Waals surface area contributed by atoms with Crippen LogP contribution in [-0.2, 0) is 0 Å². The van der Waals surface area contributed by atoms with Gasteiger partial charge >= 0.3 is 0 Å². The first-order valence-electron chi connectivity index (χ1n) is 8.97. The Kier molecular flexibility index (Phi) is 3.13. The third-order valence-electron chi connectivity index (χ3n) is 4.82. The Labute approximate surface area is 160 Å². The molecule has 0 saturated carbocycles. The lowest BCUT2D eigenvalue weighted by atomic mass is 10.2. The highest BCUT2D eigenvalue weighted by Crippen LogP contribution is 2.36. The Hall–Kier alpha value is -3.93. The quantitative estimate of drug-likeness (QED) is 0.464. The molecule has 3 heterocycles. The fourth-order valence-corrected chi connectivity index (χ4v) is 3.51. The molecule has 6 heteroatoms. The van der Waals surface area contributed by atoms with E-state index < -0.39 is 0 Å². The lowest BCUT2D eigenvalue weighted by Gasteiger charge is -2.10. The Morgan fingerprint density at radius 1 is 0.714 bits per heavy atom. The zero-order valence-corrected chi connectivity index (χ0v) is 14.7. The number of imidazole rings is 1. The van der Waals surface area contributed by atoms with E-state index in [1.54, 1.807) is 0 Å². The van der Waals surface area contributed by atoms with Crippen LogP contribution < -0.4 is 9.47 Å². The number of hydrogen-bond acceptors (Lipinski definition) is 5. The molecule has 6 rings (SSSR count). The summed E-state index contributed by atoms with van der Waals surface area (Å²) in [6.45, 7) is 0.236. The molecule has 0 radical (unpaired) electrons. The van der Waals surface area contributed by atoms with Gasteiger partial charge in [0.25, 0.3) is 0 Å². The second-order valence-electron chi connectivity index (χ2n) is 6.53. The normalized spacial score (nSPS) is 12.7. The van der Waals surface area contributed by atoms with Crippen molar-refractivity contribution in [2.24, 2.45) is 0 Å². The smallest absolute Gasteiger partial charge is 0.231 e. The first-order chi connectivity index (χ1) is 13.9. The van der Waals surface area contributed by atoms with E-state index in [2.05, 4.69) is 0 Å². The zero-order chi connectivity index (χ0) is 18.5. The zero-order valence-electron chi connectivity index (χ0n) is 14.7. The molecule has 0 aliphatic carbocycles. The predicted octanol–water partition coefficient (Wildman–Crippen LogP) is 4.36. The van der Waals surface area contributed by atoms with Crippen LogP contribution in [0.25, 0.3) is 39.4 Å². The molecule has 0 fully saturated rings. The van der Waals surface area contributed by atoms with E-state index in [9.17, 15) is 0 Å². The van der Waals surface area contributed by atoms with Crippen LogP contribution in [0.2, 0.25) is 0 Å². The van der Waals surface area contributed by atoms with Gasteiger partial charge in [-0.2, -0.15) is 0 Å². The highest BCUT2D eigenvalue weighted by atomic mass is 16.7. The molecule has 0 spiro atoms. The van der Waals surface area contributed by atoms with Crippen LogP contribution in [0.1, 0.15) is 0 Å². The topological polar surface area (TPSA) is 62.1 Å². The molecule has 0 saturated heterocycles. The van der Waals surface area contributed by atoms with Crippen molar-refractivity contribution < 1.29 is 9.47 Å². The van der Waals surface area contributed by atoms with Gasteiger partial charge in [-0.25, -0.2) is 15.0 Å². The third-order valence-corrected chi connectivity index (χ3v) is 4.82. The summed E-state index contributed by atoms with van der Waals surface area (Å²) in [7, 11) is 0. The number of hydrogen-bond donors (Lipinski definition) is 0. The van der Waals surface area contributed by atoms with Crippen molar-refractivity contribution in [2.75, 3.05) is 6.79 Å². The maximum Gasteiger partial charge on any atom is 0.231 e. The van der Waals surface area contributed by atoms with Crippen molar-refractivity contribution in [3.05, 3.63) is 72.8 Å². The van der Waals surface area contributed by atoms with Crippen molar-refractivity contribution in [1.29, 1.82) is 0 Å². The Morgan fingerprint density at radius 2 is 1.46 bits per heavy atom. The lowest BCUT2D eigenvalue weighted by molar-refractivity contribution is 0.174. The average Bonchev–Trinajstić information content (AvgIpc) is 3.36. The van der Waals surface area contributed by atoms with E-state index in [0.29, 0.717) is 17.0 Å². The van der Waals surface area contributed by atoms with Crippen LogP contribution in [0, 0.1) is 0 Å². The molecule has 0 unspecified atom stereocenters. The number of benzene rings is 3. The van der Waals surface area contributed by atoms with Crippen LogP contribution >= 0.6 is 0 Å². The summed E-state index contributed by atoms with van der Waals surface area (Å²) in [6, 6.07) is 23.7. The summed E-state index contributed by atoms with van der Waals surface area (Å²) in [4.78, 5) is 14.4. The monoisotopic (exact) mass is 366 g/mol. The predicted molar refractivity (Wildman–Crippen MR) is 106 cm³/mol. The molecule has 28 heavy (non-hydrogen) atoms. The van der Waals surface area contributed by atoms with Crippen LogP contribution in [0.15, 0.2) is 72.8 Å².